The molecule has 2 aromatic rings. The summed E-state index contributed by atoms with van der Waals surface area (Å²) in [6.07, 6.45) is 0. The van der Waals surface area contributed by atoms with Crippen molar-refractivity contribution in [3.05, 3.63) is 37.0 Å². The molecule has 0 saturated carbocycles. The second-order valence-corrected chi connectivity index (χ2v) is 7.27. The van der Waals surface area contributed by atoms with E-state index in [9.17, 15) is 0 Å². The van der Waals surface area contributed by atoms with E-state index in [1.807, 2.05) is 18.2 Å². The third-order valence-electron chi connectivity index (χ3n) is 2.94. The molecule has 1 N–H and O–H groups in total. The van der Waals surface area contributed by atoms with Gasteiger partial charge in [-0.15, -0.1) is 0 Å². The van der Waals surface area contributed by atoms with Crippen molar-refractivity contribution in [2.24, 2.45) is 0 Å². The van der Waals surface area contributed by atoms with Crippen LogP contribution in [0.2, 0.25) is 5.02 Å². The van der Waals surface area contributed by atoms with Crippen LogP contribution in [0.4, 0.5) is 5.82 Å². The summed E-state index contributed by atoms with van der Waals surface area (Å²) in [5, 5.41) is 3.98. The third-order valence-corrected chi connectivity index (χ3v) is 4.93. The topological polar surface area (TPSA) is 37.8 Å². The number of aromatic nitrogens is 2. The fourth-order valence-corrected chi connectivity index (χ4v) is 3.57. The molecule has 0 aliphatic carbocycles. The summed E-state index contributed by atoms with van der Waals surface area (Å²) in [5.74, 6) is 1.89. The maximum Gasteiger partial charge on any atom is 0.163 e. The summed E-state index contributed by atoms with van der Waals surface area (Å²) < 4.78 is 2.01. The number of halogens is 3. The summed E-state index contributed by atoms with van der Waals surface area (Å²) in [6, 6.07) is 5.64. The average Bonchev–Trinajstić information content (AvgIpc) is 2.43. The van der Waals surface area contributed by atoms with E-state index < -0.39 is 0 Å². The molecule has 1 aromatic heterocycles. The average molecular weight is 481 g/mol. The van der Waals surface area contributed by atoms with Gasteiger partial charge in [-0.2, -0.15) is 0 Å². The highest BCUT2D eigenvalue weighted by Gasteiger charge is 2.17. The Hall–Kier alpha value is -0.400. The minimum absolute atomic E-state index is 0.328. The van der Waals surface area contributed by atoms with E-state index in [1.54, 1.807) is 0 Å². The lowest BCUT2D eigenvalue weighted by Crippen LogP contribution is -2.09. The van der Waals surface area contributed by atoms with E-state index in [0.29, 0.717) is 16.8 Å². The Labute approximate surface area is 152 Å². The molecule has 6 heteroatoms. The monoisotopic (exact) mass is 479 g/mol. The second kappa shape index (κ2) is 7.24. The van der Waals surface area contributed by atoms with Gasteiger partial charge < -0.3 is 5.32 Å². The standard InChI is InChI=1S/C15H16BrClIN3/c1-4-19-15-12(18)13(8(2)3)20-14(21-15)10-7-9(17)5-6-11(10)16/h5-8H,4H2,1-3H3,(H,19,20,21). The van der Waals surface area contributed by atoms with Crippen molar-refractivity contribution in [2.45, 2.75) is 26.7 Å². The Bertz CT molecular complexity index is 662. The molecule has 1 heterocycles. The van der Waals surface area contributed by atoms with Crippen molar-refractivity contribution in [3.8, 4) is 11.4 Å². The predicted octanol–water partition coefficient (Wildman–Crippen LogP) is 5.72. The first-order chi connectivity index (χ1) is 9.93. The molecule has 0 aliphatic heterocycles. The molecule has 0 atom stereocenters. The molecule has 1 aromatic carbocycles. The van der Waals surface area contributed by atoms with Crippen LogP contribution in [-0.4, -0.2) is 16.5 Å². The summed E-state index contributed by atoms with van der Waals surface area (Å²) in [7, 11) is 0. The van der Waals surface area contributed by atoms with Gasteiger partial charge in [-0.25, -0.2) is 9.97 Å². The zero-order valence-corrected chi connectivity index (χ0v) is 16.5. The summed E-state index contributed by atoms with van der Waals surface area (Å²) in [6.45, 7) is 7.15. The first-order valence-electron chi connectivity index (χ1n) is 6.70. The van der Waals surface area contributed by atoms with Crippen LogP contribution in [0.3, 0.4) is 0 Å². The minimum Gasteiger partial charge on any atom is -0.369 e. The highest BCUT2D eigenvalue weighted by atomic mass is 127. The number of nitrogens with zero attached hydrogens (tertiary/aromatic N) is 2. The van der Waals surface area contributed by atoms with Crippen molar-refractivity contribution in [1.29, 1.82) is 0 Å². The van der Waals surface area contributed by atoms with Crippen molar-refractivity contribution < 1.29 is 0 Å². The zero-order chi connectivity index (χ0) is 15.6. The van der Waals surface area contributed by atoms with E-state index in [-0.39, 0.29) is 0 Å². The van der Waals surface area contributed by atoms with Gasteiger partial charge in [0.05, 0.1) is 9.26 Å². The van der Waals surface area contributed by atoms with E-state index in [0.717, 1.165) is 31.7 Å². The van der Waals surface area contributed by atoms with E-state index in [4.69, 9.17) is 16.6 Å². The Kier molecular flexibility index (Phi) is 5.85. The number of anilines is 1. The van der Waals surface area contributed by atoms with Crippen molar-refractivity contribution in [1.82, 2.24) is 9.97 Å². The Morgan fingerprint density at radius 3 is 2.67 bits per heavy atom. The highest BCUT2D eigenvalue weighted by Crippen LogP contribution is 2.32. The van der Waals surface area contributed by atoms with Gasteiger partial charge in [-0.3, -0.25) is 0 Å². The third kappa shape index (κ3) is 3.87. The number of rotatable bonds is 4. The molecule has 0 unspecified atom stereocenters. The zero-order valence-electron chi connectivity index (χ0n) is 12.0. The van der Waals surface area contributed by atoms with Crippen LogP contribution in [0, 0.1) is 3.57 Å². The fraction of sp³-hybridized carbons (Fsp3) is 0.333. The number of hydrogen-bond donors (Lipinski definition) is 1. The molecular formula is C15H16BrClIN3. The van der Waals surface area contributed by atoms with Gasteiger partial charge in [0, 0.05) is 21.6 Å². The van der Waals surface area contributed by atoms with Crippen molar-refractivity contribution in [3.63, 3.8) is 0 Å². The van der Waals surface area contributed by atoms with Crippen LogP contribution in [0.5, 0.6) is 0 Å². The van der Waals surface area contributed by atoms with Gasteiger partial charge in [0.2, 0.25) is 0 Å². The first kappa shape index (κ1) is 17.0. The van der Waals surface area contributed by atoms with Crippen LogP contribution in [0.15, 0.2) is 22.7 Å². The Morgan fingerprint density at radius 1 is 1.33 bits per heavy atom. The molecule has 0 fully saturated rings. The van der Waals surface area contributed by atoms with Gasteiger partial charge in [-0.1, -0.05) is 41.4 Å². The highest BCUT2D eigenvalue weighted by molar-refractivity contribution is 14.1. The Morgan fingerprint density at radius 2 is 2.05 bits per heavy atom. The number of benzene rings is 1. The summed E-state index contributed by atoms with van der Waals surface area (Å²) in [5.41, 5.74) is 1.95. The van der Waals surface area contributed by atoms with Gasteiger partial charge in [0.15, 0.2) is 5.82 Å². The maximum absolute atomic E-state index is 6.11. The largest absolute Gasteiger partial charge is 0.369 e. The smallest absolute Gasteiger partial charge is 0.163 e. The molecule has 0 aliphatic rings. The van der Waals surface area contributed by atoms with Crippen molar-refractivity contribution >= 4 is 55.9 Å². The van der Waals surface area contributed by atoms with E-state index in [1.165, 1.54) is 0 Å². The first-order valence-corrected chi connectivity index (χ1v) is 8.95. The molecule has 0 radical (unpaired) electrons. The molecule has 112 valence electrons. The van der Waals surface area contributed by atoms with Gasteiger partial charge >= 0.3 is 0 Å². The number of hydrogen-bond acceptors (Lipinski definition) is 3. The molecular weight excluding hydrogens is 464 g/mol. The lowest BCUT2D eigenvalue weighted by Gasteiger charge is -2.15. The quantitative estimate of drug-likeness (QED) is 0.569. The summed E-state index contributed by atoms with van der Waals surface area (Å²) >= 11 is 12.0. The van der Waals surface area contributed by atoms with Crippen LogP contribution in [-0.2, 0) is 0 Å². The minimum atomic E-state index is 0.328. The Balaban J connectivity index is 2.65. The molecule has 21 heavy (non-hydrogen) atoms. The molecule has 3 nitrogen and oxygen atoms in total. The van der Waals surface area contributed by atoms with Crippen molar-refractivity contribution in [2.75, 3.05) is 11.9 Å². The maximum atomic E-state index is 6.11. The summed E-state index contributed by atoms with van der Waals surface area (Å²) in [4.78, 5) is 9.40. The lowest BCUT2D eigenvalue weighted by molar-refractivity contribution is 0.808. The van der Waals surface area contributed by atoms with Crippen LogP contribution in [0.25, 0.3) is 11.4 Å². The van der Waals surface area contributed by atoms with Crippen LogP contribution in [0.1, 0.15) is 32.4 Å². The fourth-order valence-electron chi connectivity index (χ4n) is 1.92. The van der Waals surface area contributed by atoms with E-state index >= 15 is 0 Å². The van der Waals surface area contributed by atoms with E-state index in [2.05, 4.69) is 69.6 Å². The van der Waals surface area contributed by atoms with Crippen LogP contribution < -0.4 is 5.32 Å². The molecule has 2 rings (SSSR count). The molecule has 0 bridgehead atoms. The van der Waals surface area contributed by atoms with Crippen LogP contribution >= 0.6 is 50.1 Å². The second-order valence-electron chi connectivity index (χ2n) is 4.90. The van der Waals surface area contributed by atoms with Gasteiger partial charge in [0.1, 0.15) is 5.82 Å². The lowest BCUT2D eigenvalue weighted by atomic mass is 10.1. The molecule has 0 amide bonds. The molecule has 0 saturated heterocycles. The van der Waals surface area contributed by atoms with Gasteiger partial charge in [-0.05, 0) is 53.6 Å². The predicted molar refractivity (Wildman–Crippen MR) is 101 cm³/mol. The molecule has 0 spiro atoms. The SMILES string of the molecule is CCNc1nc(-c2cc(Cl)ccc2Br)nc(C(C)C)c1I. The van der Waals surface area contributed by atoms with Gasteiger partial charge in [0.25, 0.3) is 0 Å². The number of nitrogens with one attached hydrogen (secondary N) is 1. The normalized spacial score (nSPS) is 11.0.